The first-order chi connectivity index (χ1) is 16.2. The second kappa shape index (κ2) is 9.60. The highest BCUT2D eigenvalue weighted by Crippen LogP contribution is 2.32. The third-order valence-electron chi connectivity index (χ3n) is 5.48. The molecule has 4 heterocycles. The highest BCUT2D eigenvalue weighted by molar-refractivity contribution is 5.77. The molecule has 1 amide bonds. The summed E-state index contributed by atoms with van der Waals surface area (Å²) in [4.78, 5) is 21.0. The number of rotatable bonds is 7. The first kappa shape index (κ1) is 20.8. The fraction of sp³-hybridized carbons (Fsp3) is 0.304. The number of ether oxygens (including phenoxy) is 3. The fourth-order valence-electron chi connectivity index (χ4n) is 3.71. The van der Waals surface area contributed by atoms with E-state index in [0.717, 1.165) is 43.4 Å². The van der Waals surface area contributed by atoms with Gasteiger partial charge in [-0.3, -0.25) is 4.79 Å². The molecule has 2 aliphatic rings. The van der Waals surface area contributed by atoms with Gasteiger partial charge in [0, 0.05) is 45.0 Å². The fourth-order valence-corrected chi connectivity index (χ4v) is 3.71. The predicted octanol–water partition coefficient (Wildman–Crippen LogP) is 1.62. The summed E-state index contributed by atoms with van der Waals surface area (Å²) >= 11 is 0. The zero-order valence-electron chi connectivity index (χ0n) is 18.0. The second-order valence-electron chi connectivity index (χ2n) is 7.64. The Morgan fingerprint density at radius 3 is 2.52 bits per heavy atom. The molecule has 0 spiro atoms. The maximum atomic E-state index is 12.1. The topological polar surface area (TPSA) is 102 Å². The summed E-state index contributed by atoms with van der Waals surface area (Å²) in [5.41, 5.74) is 0.917. The molecular weight excluding hydrogens is 424 g/mol. The lowest BCUT2D eigenvalue weighted by Crippen LogP contribution is -2.47. The average Bonchev–Trinajstić information content (AvgIpc) is 3.35. The van der Waals surface area contributed by atoms with Crippen molar-refractivity contribution < 1.29 is 19.0 Å². The molecule has 1 N–H and O–H groups in total. The number of aromatic nitrogens is 3. The van der Waals surface area contributed by atoms with E-state index in [2.05, 4.69) is 30.3 Å². The van der Waals surface area contributed by atoms with Crippen LogP contribution in [-0.4, -0.2) is 60.7 Å². The lowest BCUT2D eigenvalue weighted by molar-refractivity contribution is -0.123. The Kier molecular flexibility index (Phi) is 6.05. The highest BCUT2D eigenvalue weighted by atomic mass is 16.7. The van der Waals surface area contributed by atoms with Crippen LogP contribution >= 0.6 is 0 Å². The zero-order chi connectivity index (χ0) is 22.5. The Hall–Kier alpha value is -4.08. The van der Waals surface area contributed by atoms with Crippen molar-refractivity contribution in [2.75, 3.05) is 49.4 Å². The SMILES string of the molecule is O=C(COc1ccc(N2CCN(c3ccccn3)CC2)nn1)NCc1ccc2c(c1)OCO2. The number of piperazine rings is 1. The molecule has 2 aromatic heterocycles. The van der Waals surface area contributed by atoms with E-state index >= 15 is 0 Å². The molecular formula is C23H24N6O4. The number of nitrogens with one attached hydrogen (secondary N) is 1. The Labute approximate surface area is 191 Å². The van der Waals surface area contributed by atoms with E-state index in [1.165, 1.54) is 0 Å². The number of pyridine rings is 1. The monoisotopic (exact) mass is 448 g/mol. The van der Waals surface area contributed by atoms with Crippen LogP contribution in [0.25, 0.3) is 0 Å². The normalized spacial score (nSPS) is 14.8. The zero-order valence-corrected chi connectivity index (χ0v) is 18.0. The number of benzene rings is 1. The van der Waals surface area contributed by atoms with E-state index < -0.39 is 0 Å². The minimum absolute atomic E-state index is 0.138. The Bertz CT molecular complexity index is 1090. The first-order valence-corrected chi connectivity index (χ1v) is 10.8. The van der Waals surface area contributed by atoms with Crippen LogP contribution in [0.5, 0.6) is 17.4 Å². The van der Waals surface area contributed by atoms with Gasteiger partial charge in [-0.15, -0.1) is 10.2 Å². The van der Waals surface area contributed by atoms with Crippen molar-refractivity contribution in [1.82, 2.24) is 20.5 Å². The van der Waals surface area contributed by atoms with Crippen LogP contribution in [0, 0.1) is 0 Å². The van der Waals surface area contributed by atoms with Crippen LogP contribution in [-0.2, 0) is 11.3 Å². The van der Waals surface area contributed by atoms with Crippen molar-refractivity contribution in [1.29, 1.82) is 0 Å². The number of hydrogen-bond acceptors (Lipinski definition) is 9. The maximum absolute atomic E-state index is 12.1. The minimum atomic E-state index is -0.246. The van der Waals surface area contributed by atoms with Crippen molar-refractivity contribution in [3.63, 3.8) is 0 Å². The summed E-state index contributed by atoms with van der Waals surface area (Å²) in [6, 6.07) is 15.1. The Morgan fingerprint density at radius 2 is 1.76 bits per heavy atom. The van der Waals surface area contributed by atoms with Gasteiger partial charge in [0.15, 0.2) is 23.9 Å². The summed E-state index contributed by atoms with van der Waals surface area (Å²) in [5.74, 6) is 3.24. The quantitative estimate of drug-likeness (QED) is 0.578. The van der Waals surface area contributed by atoms with Gasteiger partial charge in [0.25, 0.3) is 5.91 Å². The molecule has 0 bridgehead atoms. The summed E-state index contributed by atoms with van der Waals surface area (Å²) in [6.45, 7) is 3.83. The van der Waals surface area contributed by atoms with Crippen LogP contribution in [0.3, 0.4) is 0 Å². The van der Waals surface area contributed by atoms with Crippen LogP contribution in [0.15, 0.2) is 54.7 Å². The second-order valence-corrected chi connectivity index (χ2v) is 7.64. The van der Waals surface area contributed by atoms with Crippen molar-refractivity contribution >= 4 is 17.5 Å². The molecule has 0 atom stereocenters. The van der Waals surface area contributed by atoms with E-state index in [0.29, 0.717) is 23.9 Å². The van der Waals surface area contributed by atoms with Gasteiger partial charge in [0.2, 0.25) is 12.7 Å². The van der Waals surface area contributed by atoms with Gasteiger partial charge in [0.05, 0.1) is 0 Å². The molecule has 0 unspecified atom stereocenters. The number of hydrogen-bond donors (Lipinski definition) is 1. The molecule has 33 heavy (non-hydrogen) atoms. The predicted molar refractivity (Wildman–Crippen MR) is 121 cm³/mol. The first-order valence-electron chi connectivity index (χ1n) is 10.8. The maximum Gasteiger partial charge on any atom is 0.258 e. The molecule has 2 aliphatic heterocycles. The molecule has 5 rings (SSSR count). The van der Waals surface area contributed by atoms with Crippen molar-refractivity contribution in [2.24, 2.45) is 0 Å². The lowest BCUT2D eigenvalue weighted by atomic mass is 10.2. The van der Waals surface area contributed by atoms with Gasteiger partial charge in [-0.05, 0) is 35.9 Å². The number of carbonyl (C=O) groups excluding carboxylic acids is 1. The van der Waals surface area contributed by atoms with E-state index in [9.17, 15) is 4.79 Å². The Morgan fingerprint density at radius 1 is 0.939 bits per heavy atom. The average molecular weight is 448 g/mol. The number of fused-ring (bicyclic) bond motifs is 1. The molecule has 170 valence electrons. The van der Waals surface area contributed by atoms with Gasteiger partial charge < -0.3 is 29.3 Å². The smallest absolute Gasteiger partial charge is 0.258 e. The van der Waals surface area contributed by atoms with Crippen LogP contribution in [0.4, 0.5) is 11.6 Å². The van der Waals surface area contributed by atoms with Crippen molar-refractivity contribution in [3.8, 4) is 17.4 Å². The summed E-state index contributed by atoms with van der Waals surface area (Å²) in [6.07, 6.45) is 1.81. The number of carbonyl (C=O) groups is 1. The number of nitrogens with zero attached hydrogens (tertiary/aromatic N) is 5. The van der Waals surface area contributed by atoms with E-state index in [1.807, 2.05) is 48.7 Å². The molecule has 10 nitrogen and oxygen atoms in total. The highest BCUT2D eigenvalue weighted by Gasteiger charge is 2.19. The third kappa shape index (κ3) is 5.05. The van der Waals surface area contributed by atoms with Crippen LogP contribution in [0.2, 0.25) is 0 Å². The summed E-state index contributed by atoms with van der Waals surface area (Å²) in [7, 11) is 0. The van der Waals surface area contributed by atoms with Crippen molar-refractivity contribution in [3.05, 3.63) is 60.3 Å². The molecule has 3 aromatic rings. The number of anilines is 2. The molecule has 1 saturated heterocycles. The van der Waals surface area contributed by atoms with Gasteiger partial charge in [0.1, 0.15) is 5.82 Å². The van der Waals surface area contributed by atoms with Crippen LogP contribution in [0.1, 0.15) is 5.56 Å². The Balaban J connectivity index is 1.06. The van der Waals surface area contributed by atoms with E-state index in [-0.39, 0.29) is 19.3 Å². The van der Waals surface area contributed by atoms with Gasteiger partial charge >= 0.3 is 0 Å². The van der Waals surface area contributed by atoms with Crippen molar-refractivity contribution in [2.45, 2.75) is 6.54 Å². The van der Waals surface area contributed by atoms with Gasteiger partial charge in [-0.25, -0.2) is 4.98 Å². The largest absolute Gasteiger partial charge is 0.466 e. The van der Waals surface area contributed by atoms with E-state index in [4.69, 9.17) is 14.2 Å². The third-order valence-corrected chi connectivity index (χ3v) is 5.48. The standard InChI is InChI=1S/C23H24N6O4/c30-22(25-14-17-4-5-18-19(13-17)33-16-32-18)15-31-23-7-6-21(26-27-23)29-11-9-28(10-12-29)20-3-1-2-8-24-20/h1-8,13H,9-12,14-16H2,(H,25,30). The molecule has 10 heteroatoms. The van der Waals surface area contributed by atoms with Crippen LogP contribution < -0.4 is 29.3 Å². The van der Waals surface area contributed by atoms with Gasteiger partial charge in [-0.1, -0.05) is 12.1 Å². The van der Waals surface area contributed by atoms with Gasteiger partial charge in [-0.2, -0.15) is 0 Å². The molecule has 0 saturated carbocycles. The molecule has 1 fully saturated rings. The molecule has 0 aliphatic carbocycles. The molecule has 1 aromatic carbocycles. The number of amides is 1. The summed E-state index contributed by atoms with van der Waals surface area (Å²) in [5, 5.41) is 11.2. The minimum Gasteiger partial charge on any atom is -0.466 e. The van der Waals surface area contributed by atoms with E-state index in [1.54, 1.807) is 6.07 Å². The summed E-state index contributed by atoms with van der Waals surface area (Å²) < 4.78 is 16.1. The molecule has 0 radical (unpaired) electrons. The lowest BCUT2D eigenvalue weighted by Gasteiger charge is -2.35.